The molecule has 1 aromatic heterocycles. The molecule has 0 saturated carbocycles. The van der Waals surface area contributed by atoms with Gasteiger partial charge in [0.05, 0.1) is 0 Å². The molecule has 2 aromatic rings. The number of aryl methyl sites for hydroxylation is 1. The molecule has 7 heteroatoms. The summed E-state index contributed by atoms with van der Waals surface area (Å²) in [6, 6.07) is 7.61. The van der Waals surface area contributed by atoms with Crippen molar-refractivity contribution in [3.63, 3.8) is 0 Å². The highest BCUT2D eigenvalue weighted by Gasteiger charge is 2.30. The molecule has 3 rings (SSSR count). The molecule has 0 unspecified atom stereocenters. The number of ether oxygens (including phenoxy) is 2. The Morgan fingerprint density at radius 3 is 3.05 bits per heavy atom. The number of hydrogen-bond acceptors (Lipinski definition) is 7. The Morgan fingerprint density at radius 2 is 2.29 bits per heavy atom. The lowest BCUT2D eigenvalue weighted by Crippen LogP contribution is -2.34. The van der Waals surface area contributed by atoms with Gasteiger partial charge in [0.15, 0.2) is 11.9 Å². The van der Waals surface area contributed by atoms with E-state index in [-0.39, 0.29) is 5.89 Å². The molecule has 0 radical (unpaired) electrons. The van der Waals surface area contributed by atoms with E-state index in [1.54, 1.807) is 25.6 Å². The maximum Gasteiger partial charge on any atom is 0.349 e. The lowest BCUT2D eigenvalue weighted by atomic mass is 10.3. The summed E-state index contributed by atoms with van der Waals surface area (Å²) in [7, 11) is 0. The summed E-state index contributed by atoms with van der Waals surface area (Å²) >= 11 is 1.57. The Balaban J connectivity index is 1.64. The summed E-state index contributed by atoms with van der Waals surface area (Å²) in [6.07, 6.45) is -1.22. The zero-order valence-electron chi connectivity index (χ0n) is 11.6. The molecule has 0 N–H and O–H groups in total. The molecule has 0 spiro atoms. The van der Waals surface area contributed by atoms with Crippen LogP contribution in [0.5, 0.6) is 5.75 Å². The quantitative estimate of drug-likeness (QED) is 0.807. The van der Waals surface area contributed by atoms with E-state index in [1.807, 2.05) is 24.3 Å². The first kappa shape index (κ1) is 13.9. The fourth-order valence-electron chi connectivity index (χ4n) is 1.91. The second-order valence-corrected chi connectivity index (χ2v) is 5.69. The number of carbonyl (C=O) groups excluding carboxylic acids is 1. The Hall–Kier alpha value is -2.02. The van der Waals surface area contributed by atoms with Gasteiger partial charge in [-0.05, 0) is 26.0 Å². The molecule has 0 bridgehead atoms. The first-order chi connectivity index (χ1) is 10.1. The van der Waals surface area contributed by atoms with Crippen molar-refractivity contribution < 1.29 is 18.8 Å². The number of rotatable bonds is 3. The number of thioether (sulfide) groups is 1. The van der Waals surface area contributed by atoms with Crippen molar-refractivity contribution in [3.8, 4) is 5.75 Å². The first-order valence-electron chi connectivity index (χ1n) is 6.52. The van der Waals surface area contributed by atoms with Crippen molar-refractivity contribution in [1.29, 1.82) is 0 Å². The monoisotopic (exact) mass is 306 g/mol. The minimum absolute atomic E-state index is 0.282. The number of para-hydroxylation sites is 1. The largest absolute Gasteiger partial charge is 0.477 e. The molecule has 0 saturated heterocycles. The van der Waals surface area contributed by atoms with Crippen molar-refractivity contribution in [2.24, 2.45) is 0 Å². The van der Waals surface area contributed by atoms with Gasteiger partial charge in [-0.15, -0.1) is 11.8 Å². The van der Waals surface area contributed by atoms with Crippen LogP contribution in [0.25, 0.3) is 0 Å². The fourth-order valence-corrected chi connectivity index (χ4v) is 2.88. The predicted molar refractivity (Wildman–Crippen MR) is 75.1 cm³/mol. The molecular formula is C14H14N2O4S. The summed E-state index contributed by atoms with van der Waals surface area (Å²) in [6.45, 7) is 3.40. The van der Waals surface area contributed by atoms with Crippen LogP contribution in [0.3, 0.4) is 0 Å². The second-order valence-electron chi connectivity index (χ2n) is 4.62. The summed E-state index contributed by atoms with van der Waals surface area (Å²) in [4.78, 5) is 17.2. The van der Waals surface area contributed by atoms with E-state index in [0.29, 0.717) is 17.3 Å². The lowest BCUT2D eigenvalue weighted by Gasteiger charge is -2.24. The van der Waals surface area contributed by atoms with Gasteiger partial charge in [0, 0.05) is 10.6 Å². The highest BCUT2D eigenvalue weighted by Crippen LogP contribution is 2.35. The fraction of sp³-hybridized carbons (Fsp3) is 0.357. The van der Waals surface area contributed by atoms with Crippen LogP contribution in [-0.4, -0.2) is 28.0 Å². The average molecular weight is 306 g/mol. The molecule has 110 valence electrons. The highest BCUT2D eigenvalue weighted by atomic mass is 32.2. The van der Waals surface area contributed by atoms with Crippen LogP contribution in [0.4, 0.5) is 0 Å². The van der Waals surface area contributed by atoms with Gasteiger partial charge in [0.25, 0.3) is 5.89 Å². The van der Waals surface area contributed by atoms with Gasteiger partial charge in [-0.2, -0.15) is 4.98 Å². The number of nitrogens with zero attached hydrogens (tertiary/aromatic N) is 2. The molecule has 6 nitrogen and oxygen atoms in total. The smallest absolute Gasteiger partial charge is 0.349 e. The third-order valence-electron chi connectivity index (χ3n) is 2.96. The maximum absolute atomic E-state index is 12.1. The summed E-state index contributed by atoms with van der Waals surface area (Å²) in [5.41, 5.74) is 0. The average Bonchev–Trinajstić information content (AvgIpc) is 2.93. The Labute approximate surface area is 125 Å². The number of aromatic nitrogens is 2. The van der Waals surface area contributed by atoms with Crippen molar-refractivity contribution in [2.45, 2.75) is 31.0 Å². The van der Waals surface area contributed by atoms with Gasteiger partial charge >= 0.3 is 5.97 Å². The van der Waals surface area contributed by atoms with Crippen LogP contribution in [0.1, 0.15) is 24.7 Å². The zero-order valence-corrected chi connectivity index (χ0v) is 12.4. The van der Waals surface area contributed by atoms with Crippen LogP contribution < -0.4 is 4.74 Å². The first-order valence-corrected chi connectivity index (χ1v) is 7.51. The molecular weight excluding hydrogens is 292 g/mol. The summed E-state index contributed by atoms with van der Waals surface area (Å²) in [5, 5.41) is 3.67. The Bertz CT molecular complexity index is 658. The molecule has 1 aliphatic heterocycles. The molecule has 1 aromatic carbocycles. The number of fused-ring (bicyclic) bond motifs is 1. The molecule has 1 aliphatic rings. The number of benzene rings is 1. The van der Waals surface area contributed by atoms with E-state index in [4.69, 9.17) is 14.0 Å². The molecule has 0 fully saturated rings. The van der Waals surface area contributed by atoms with E-state index < -0.39 is 18.2 Å². The third kappa shape index (κ3) is 3.02. The van der Waals surface area contributed by atoms with Gasteiger partial charge in [-0.1, -0.05) is 17.3 Å². The minimum Gasteiger partial charge on any atom is -0.477 e. The van der Waals surface area contributed by atoms with E-state index in [1.165, 1.54) is 0 Å². The zero-order chi connectivity index (χ0) is 14.8. The van der Waals surface area contributed by atoms with Crippen molar-refractivity contribution >= 4 is 17.7 Å². The van der Waals surface area contributed by atoms with E-state index >= 15 is 0 Å². The SMILES string of the molecule is Cc1noc([C@@H](C)OC(=O)[C@@H]2CSc3ccccc3O2)n1. The van der Waals surface area contributed by atoms with Crippen LogP contribution in [0.15, 0.2) is 33.7 Å². The summed E-state index contributed by atoms with van der Waals surface area (Å²) < 4.78 is 16.0. The third-order valence-corrected chi connectivity index (χ3v) is 4.07. The maximum atomic E-state index is 12.1. The van der Waals surface area contributed by atoms with Crippen LogP contribution >= 0.6 is 11.8 Å². The van der Waals surface area contributed by atoms with Gasteiger partial charge in [-0.25, -0.2) is 4.79 Å². The van der Waals surface area contributed by atoms with Crippen LogP contribution in [0, 0.1) is 6.92 Å². The predicted octanol–water partition coefficient (Wildman–Crippen LogP) is 2.54. The minimum atomic E-state index is -0.628. The Kier molecular flexibility index (Phi) is 3.83. The number of esters is 1. The molecule has 0 amide bonds. The Morgan fingerprint density at radius 1 is 1.48 bits per heavy atom. The molecule has 2 atom stereocenters. The van der Waals surface area contributed by atoms with Crippen LogP contribution in [-0.2, 0) is 9.53 Å². The number of hydrogen-bond donors (Lipinski definition) is 0. The molecule has 2 heterocycles. The second kappa shape index (κ2) is 5.77. The van der Waals surface area contributed by atoms with Crippen LogP contribution in [0.2, 0.25) is 0 Å². The van der Waals surface area contributed by atoms with Gasteiger partial charge < -0.3 is 14.0 Å². The highest BCUT2D eigenvalue weighted by molar-refractivity contribution is 7.99. The van der Waals surface area contributed by atoms with E-state index in [2.05, 4.69) is 10.1 Å². The van der Waals surface area contributed by atoms with Crippen molar-refractivity contribution in [2.75, 3.05) is 5.75 Å². The normalized spacial score (nSPS) is 18.5. The molecule has 0 aliphatic carbocycles. The molecule has 21 heavy (non-hydrogen) atoms. The topological polar surface area (TPSA) is 74.5 Å². The lowest BCUT2D eigenvalue weighted by molar-refractivity contribution is -0.157. The van der Waals surface area contributed by atoms with Crippen molar-refractivity contribution in [3.05, 3.63) is 36.0 Å². The van der Waals surface area contributed by atoms with E-state index in [0.717, 1.165) is 4.90 Å². The summed E-state index contributed by atoms with van der Waals surface area (Å²) in [5.74, 6) is 1.58. The van der Waals surface area contributed by atoms with Gasteiger partial charge in [0.2, 0.25) is 6.10 Å². The van der Waals surface area contributed by atoms with Gasteiger partial charge in [0.1, 0.15) is 5.75 Å². The number of carbonyl (C=O) groups is 1. The van der Waals surface area contributed by atoms with E-state index in [9.17, 15) is 4.79 Å². The standard InChI is InChI=1S/C14H14N2O4S/c1-8(13-15-9(2)16-20-13)18-14(17)11-7-21-12-6-4-3-5-10(12)19-11/h3-6,8,11H,7H2,1-2H3/t8-,11+/m1/s1. The van der Waals surface area contributed by atoms with Crippen molar-refractivity contribution in [1.82, 2.24) is 10.1 Å². The van der Waals surface area contributed by atoms with Gasteiger partial charge in [-0.3, -0.25) is 0 Å².